The zero-order valence-corrected chi connectivity index (χ0v) is 13.3. The summed E-state index contributed by atoms with van der Waals surface area (Å²) in [4.78, 5) is 14.4. The van der Waals surface area contributed by atoms with E-state index in [2.05, 4.69) is 17.1 Å². The molecule has 1 saturated heterocycles. The lowest BCUT2D eigenvalue weighted by Gasteiger charge is -2.30. The minimum Gasteiger partial charge on any atom is -0.454 e. The summed E-state index contributed by atoms with van der Waals surface area (Å²) < 4.78 is 10.7. The summed E-state index contributed by atoms with van der Waals surface area (Å²) in [6, 6.07) is 5.77. The number of amides is 1. The molecule has 120 valence electrons. The van der Waals surface area contributed by atoms with Gasteiger partial charge in [-0.25, -0.2) is 0 Å². The SMILES string of the molecule is CC1CCN(CC(=O)N[C@@H](C)c2ccc3c(c2)OCO3)CC1. The van der Waals surface area contributed by atoms with Crippen molar-refractivity contribution in [2.45, 2.75) is 32.7 Å². The Bertz CT molecular complexity index is 539. The lowest BCUT2D eigenvalue weighted by Crippen LogP contribution is -2.41. The highest BCUT2D eigenvalue weighted by molar-refractivity contribution is 5.78. The van der Waals surface area contributed by atoms with Gasteiger partial charge in [-0.1, -0.05) is 13.0 Å². The zero-order chi connectivity index (χ0) is 15.5. The van der Waals surface area contributed by atoms with E-state index in [0.717, 1.165) is 36.1 Å². The van der Waals surface area contributed by atoms with Crippen LogP contribution in [0.5, 0.6) is 11.5 Å². The number of likely N-dealkylation sites (tertiary alicyclic amines) is 1. The number of carbonyl (C=O) groups excluding carboxylic acids is 1. The molecule has 5 nitrogen and oxygen atoms in total. The third-order valence-corrected chi connectivity index (χ3v) is 4.52. The van der Waals surface area contributed by atoms with Gasteiger partial charge in [-0.05, 0) is 56.5 Å². The number of hydrogen-bond acceptors (Lipinski definition) is 4. The topological polar surface area (TPSA) is 50.8 Å². The smallest absolute Gasteiger partial charge is 0.234 e. The van der Waals surface area contributed by atoms with Gasteiger partial charge >= 0.3 is 0 Å². The van der Waals surface area contributed by atoms with Gasteiger partial charge in [0.1, 0.15) is 0 Å². The first kappa shape index (κ1) is 15.2. The number of fused-ring (bicyclic) bond motifs is 1. The van der Waals surface area contributed by atoms with E-state index in [1.54, 1.807) is 0 Å². The summed E-state index contributed by atoms with van der Waals surface area (Å²) in [5, 5.41) is 3.07. The highest BCUT2D eigenvalue weighted by atomic mass is 16.7. The molecule has 5 heteroatoms. The van der Waals surface area contributed by atoms with Crippen LogP contribution in [0.1, 0.15) is 38.3 Å². The van der Waals surface area contributed by atoms with Gasteiger partial charge in [-0.2, -0.15) is 0 Å². The van der Waals surface area contributed by atoms with Gasteiger partial charge in [0.05, 0.1) is 12.6 Å². The second-order valence-corrected chi connectivity index (χ2v) is 6.36. The number of carbonyl (C=O) groups is 1. The summed E-state index contributed by atoms with van der Waals surface area (Å²) in [5.41, 5.74) is 1.03. The van der Waals surface area contributed by atoms with Crippen LogP contribution in [0.25, 0.3) is 0 Å². The van der Waals surface area contributed by atoms with Crippen LogP contribution in [0.15, 0.2) is 18.2 Å². The van der Waals surface area contributed by atoms with Crippen LogP contribution in [0.2, 0.25) is 0 Å². The Morgan fingerprint density at radius 1 is 1.32 bits per heavy atom. The van der Waals surface area contributed by atoms with Crippen molar-refractivity contribution in [3.05, 3.63) is 23.8 Å². The molecule has 0 unspecified atom stereocenters. The maximum absolute atomic E-state index is 12.2. The Kier molecular flexibility index (Phi) is 4.52. The largest absolute Gasteiger partial charge is 0.454 e. The minimum absolute atomic E-state index is 0.0364. The Morgan fingerprint density at radius 3 is 2.82 bits per heavy atom. The molecular weight excluding hydrogens is 280 g/mol. The third kappa shape index (κ3) is 3.53. The van der Waals surface area contributed by atoms with E-state index >= 15 is 0 Å². The second kappa shape index (κ2) is 6.57. The number of nitrogens with zero attached hydrogens (tertiary/aromatic N) is 1. The van der Waals surface area contributed by atoms with E-state index in [-0.39, 0.29) is 18.7 Å². The Labute approximate surface area is 131 Å². The number of nitrogens with one attached hydrogen (secondary N) is 1. The van der Waals surface area contributed by atoms with E-state index in [1.165, 1.54) is 12.8 Å². The van der Waals surface area contributed by atoms with Crippen molar-refractivity contribution in [2.24, 2.45) is 5.92 Å². The molecule has 0 bridgehead atoms. The highest BCUT2D eigenvalue weighted by Crippen LogP contribution is 2.34. The lowest BCUT2D eigenvalue weighted by atomic mass is 9.99. The van der Waals surface area contributed by atoms with Crippen molar-refractivity contribution in [2.75, 3.05) is 26.4 Å². The van der Waals surface area contributed by atoms with E-state index in [1.807, 2.05) is 25.1 Å². The molecule has 1 amide bonds. The van der Waals surface area contributed by atoms with E-state index < -0.39 is 0 Å². The van der Waals surface area contributed by atoms with Crippen molar-refractivity contribution >= 4 is 5.91 Å². The summed E-state index contributed by atoms with van der Waals surface area (Å²) in [5.74, 6) is 2.39. The molecule has 2 aliphatic heterocycles. The number of ether oxygens (including phenoxy) is 2. The first-order chi connectivity index (χ1) is 10.6. The van der Waals surface area contributed by atoms with E-state index in [9.17, 15) is 4.79 Å². The summed E-state index contributed by atoms with van der Waals surface area (Å²) in [6.45, 7) is 7.07. The first-order valence-electron chi connectivity index (χ1n) is 8.03. The molecule has 2 heterocycles. The standard InChI is InChI=1S/C17H24N2O3/c1-12-5-7-19(8-6-12)10-17(20)18-13(2)14-3-4-15-16(9-14)22-11-21-15/h3-4,9,12-13H,5-8,10-11H2,1-2H3,(H,18,20)/t13-/m0/s1. The zero-order valence-electron chi connectivity index (χ0n) is 13.3. The predicted octanol–water partition coefficient (Wildman–Crippen LogP) is 2.32. The predicted molar refractivity (Wildman–Crippen MR) is 84.0 cm³/mol. The van der Waals surface area contributed by atoms with Crippen LogP contribution in [0.3, 0.4) is 0 Å². The molecular formula is C17H24N2O3. The molecule has 0 radical (unpaired) electrons. The number of benzene rings is 1. The van der Waals surface area contributed by atoms with Crippen molar-refractivity contribution in [1.29, 1.82) is 0 Å². The average Bonchev–Trinajstić information content (AvgIpc) is 2.97. The molecule has 0 aliphatic carbocycles. The molecule has 0 saturated carbocycles. The van der Waals surface area contributed by atoms with Gasteiger partial charge in [0, 0.05) is 0 Å². The van der Waals surface area contributed by atoms with Gasteiger partial charge in [-0.3, -0.25) is 9.69 Å². The van der Waals surface area contributed by atoms with Crippen LogP contribution in [0, 0.1) is 5.92 Å². The van der Waals surface area contributed by atoms with Crippen molar-refractivity contribution < 1.29 is 14.3 Å². The second-order valence-electron chi connectivity index (χ2n) is 6.36. The monoisotopic (exact) mass is 304 g/mol. The molecule has 1 N–H and O–H groups in total. The maximum Gasteiger partial charge on any atom is 0.234 e. The summed E-state index contributed by atoms with van der Waals surface area (Å²) >= 11 is 0. The molecule has 1 fully saturated rings. The molecule has 1 atom stereocenters. The van der Waals surface area contributed by atoms with Gasteiger partial charge < -0.3 is 14.8 Å². The highest BCUT2D eigenvalue weighted by Gasteiger charge is 2.20. The summed E-state index contributed by atoms with van der Waals surface area (Å²) in [7, 11) is 0. The van der Waals surface area contributed by atoms with Crippen molar-refractivity contribution in [3.63, 3.8) is 0 Å². The fourth-order valence-electron chi connectivity index (χ4n) is 2.98. The molecule has 22 heavy (non-hydrogen) atoms. The van der Waals surface area contributed by atoms with Crippen LogP contribution in [-0.2, 0) is 4.79 Å². The number of hydrogen-bond donors (Lipinski definition) is 1. The molecule has 1 aromatic rings. The Balaban J connectivity index is 1.52. The molecule has 2 aliphatic rings. The van der Waals surface area contributed by atoms with E-state index in [4.69, 9.17) is 9.47 Å². The van der Waals surface area contributed by atoms with Crippen molar-refractivity contribution in [3.8, 4) is 11.5 Å². The van der Waals surface area contributed by atoms with Gasteiger partial charge in [0.2, 0.25) is 12.7 Å². The Morgan fingerprint density at radius 2 is 2.05 bits per heavy atom. The summed E-state index contributed by atoms with van der Waals surface area (Å²) in [6.07, 6.45) is 2.37. The Hall–Kier alpha value is -1.75. The van der Waals surface area contributed by atoms with Crippen LogP contribution < -0.4 is 14.8 Å². The van der Waals surface area contributed by atoms with E-state index in [0.29, 0.717) is 6.54 Å². The maximum atomic E-state index is 12.2. The lowest BCUT2D eigenvalue weighted by molar-refractivity contribution is -0.123. The number of rotatable bonds is 4. The van der Waals surface area contributed by atoms with Crippen LogP contribution in [-0.4, -0.2) is 37.2 Å². The number of piperidine rings is 1. The van der Waals surface area contributed by atoms with Gasteiger partial charge in [0.25, 0.3) is 0 Å². The normalized spacial score (nSPS) is 19.9. The minimum atomic E-state index is -0.0364. The average molecular weight is 304 g/mol. The molecule has 0 spiro atoms. The van der Waals surface area contributed by atoms with Crippen molar-refractivity contribution in [1.82, 2.24) is 10.2 Å². The van der Waals surface area contributed by atoms with Gasteiger partial charge in [0.15, 0.2) is 11.5 Å². The fraction of sp³-hybridized carbons (Fsp3) is 0.588. The molecule has 1 aromatic carbocycles. The van der Waals surface area contributed by atoms with Crippen LogP contribution >= 0.6 is 0 Å². The fourth-order valence-corrected chi connectivity index (χ4v) is 2.98. The van der Waals surface area contributed by atoms with Crippen LogP contribution in [0.4, 0.5) is 0 Å². The molecule has 3 rings (SSSR count). The quantitative estimate of drug-likeness (QED) is 0.927. The third-order valence-electron chi connectivity index (χ3n) is 4.52. The molecule has 0 aromatic heterocycles. The first-order valence-corrected chi connectivity index (χ1v) is 8.03. The van der Waals surface area contributed by atoms with Gasteiger partial charge in [-0.15, -0.1) is 0 Å².